The number of phosphoric ester groups is 2. The van der Waals surface area contributed by atoms with Gasteiger partial charge in [-0.25, -0.2) is 9.13 Å². The van der Waals surface area contributed by atoms with Crippen LogP contribution >= 0.6 is 15.6 Å². The number of esters is 4. The number of hydrogen-bond donors (Lipinski definition) is 3. The van der Waals surface area contributed by atoms with Crippen LogP contribution in [0, 0.1) is 23.7 Å². The number of aliphatic hydroxyl groups is 1. The minimum atomic E-state index is -4.96. The highest BCUT2D eigenvalue weighted by Crippen LogP contribution is 2.45. The number of unbranched alkanes of at least 4 members (excludes halogenated alkanes) is 48. The van der Waals surface area contributed by atoms with Crippen molar-refractivity contribution in [2.45, 2.75) is 459 Å². The molecule has 0 aromatic rings. The first-order chi connectivity index (χ1) is 50.1. The topological polar surface area (TPSA) is 237 Å². The standard InChI is InChI=1S/C85H166O17P2/c1-75(2)61-53-45-37-30-24-19-15-11-9-10-12-17-21-27-34-42-51-59-68-85(90)102-81(72-96-83(88)66-58-50-44-36-40-48-56-64-78(7)8)74-100-104(93,94)98-70-79(86)69-97-103(91,92)99-73-80(71-95-82(87)65-57-49-41-33-29-23-26-32-39-47-55-63-77(5)6)101-84(89)67-60-52-43-35-28-22-18-14-13-16-20-25-31-38-46-54-62-76(3)4/h75-81,86H,9-74H2,1-8H3,(H,91,92)(H,93,94)/t79?,80-,81-/m1/s1. The zero-order valence-electron chi connectivity index (χ0n) is 68.7. The van der Waals surface area contributed by atoms with Crippen LogP contribution < -0.4 is 0 Å². The fourth-order valence-corrected chi connectivity index (χ4v) is 14.7. The SMILES string of the molecule is CC(C)CCCCCCCCCCCCCCCCCCCCC(=O)O[C@H](COC(=O)CCCCCCCCCC(C)C)COP(=O)(O)OCC(O)COP(=O)(O)OC[C@@H](COC(=O)CCCCCCCCCCCCCC(C)C)OC(=O)CCCCCCCCCCCCCCCCCCC(C)C. The molecule has 618 valence electrons. The van der Waals surface area contributed by atoms with E-state index in [2.05, 4.69) is 55.4 Å². The highest BCUT2D eigenvalue weighted by molar-refractivity contribution is 7.47. The van der Waals surface area contributed by atoms with Crippen molar-refractivity contribution in [1.82, 2.24) is 0 Å². The van der Waals surface area contributed by atoms with Gasteiger partial charge >= 0.3 is 39.5 Å². The van der Waals surface area contributed by atoms with Gasteiger partial charge in [0.1, 0.15) is 19.3 Å². The van der Waals surface area contributed by atoms with E-state index in [1.54, 1.807) is 0 Å². The van der Waals surface area contributed by atoms with Gasteiger partial charge in [0.2, 0.25) is 0 Å². The predicted octanol–water partition coefficient (Wildman–Crippen LogP) is 25.6. The first-order valence-electron chi connectivity index (χ1n) is 43.7. The summed E-state index contributed by atoms with van der Waals surface area (Å²) < 4.78 is 68.8. The van der Waals surface area contributed by atoms with E-state index in [-0.39, 0.29) is 25.7 Å². The van der Waals surface area contributed by atoms with Crippen molar-refractivity contribution in [2.75, 3.05) is 39.6 Å². The van der Waals surface area contributed by atoms with Crippen molar-refractivity contribution in [3.8, 4) is 0 Å². The maximum atomic E-state index is 13.1. The number of carbonyl (C=O) groups is 4. The molecule has 0 aromatic carbocycles. The molecule has 0 spiro atoms. The third-order valence-corrected chi connectivity index (χ3v) is 21.7. The lowest BCUT2D eigenvalue weighted by atomic mass is 10.0. The molecule has 0 fully saturated rings. The Labute approximate surface area is 638 Å². The number of rotatable bonds is 82. The predicted molar refractivity (Wildman–Crippen MR) is 428 cm³/mol. The number of hydrogen-bond acceptors (Lipinski definition) is 15. The first-order valence-corrected chi connectivity index (χ1v) is 46.7. The van der Waals surface area contributed by atoms with Gasteiger partial charge in [0.25, 0.3) is 0 Å². The van der Waals surface area contributed by atoms with Crippen molar-refractivity contribution < 1.29 is 80.2 Å². The second-order valence-electron chi connectivity index (χ2n) is 32.5. The van der Waals surface area contributed by atoms with Crippen molar-refractivity contribution >= 4 is 39.5 Å². The van der Waals surface area contributed by atoms with Gasteiger partial charge in [0.15, 0.2) is 12.2 Å². The molecule has 3 unspecified atom stereocenters. The molecular weight excluding hydrogens is 1350 g/mol. The summed E-state index contributed by atoms with van der Waals surface area (Å²) in [4.78, 5) is 73.1. The minimum Gasteiger partial charge on any atom is -0.462 e. The smallest absolute Gasteiger partial charge is 0.462 e. The van der Waals surface area contributed by atoms with Crippen molar-refractivity contribution in [1.29, 1.82) is 0 Å². The summed E-state index contributed by atoms with van der Waals surface area (Å²) >= 11 is 0. The van der Waals surface area contributed by atoms with E-state index in [1.807, 2.05) is 0 Å². The molecule has 0 aromatic heterocycles. The van der Waals surface area contributed by atoms with Crippen LogP contribution in [0.1, 0.15) is 441 Å². The van der Waals surface area contributed by atoms with Gasteiger partial charge in [0, 0.05) is 25.7 Å². The molecule has 0 bridgehead atoms. The minimum absolute atomic E-state index is 0.107. The van der Waals surface area contributed by atoms with Crippen molar-refractivity contribution in [3.05, 3.63) is 0 Å². The lowest BCUT2D eigenvalue weighted by Crippen LogP contribution is -2.30. The van der Waals surface area contributed by atoms with Gasteiger partial charge < -0.3 is 33.8 Å². The Morgan fingerprint density at radius 1 is 0.240 bits per heavy atom. The molecule has 0 amide bonds. The van der Waals surface area contributed by atoms with Crippen LogP contribution in [0.15, 0.2) is 0 Å². The summed E-state index contributed by atoms with van der Waals surface area (Å²) in [7, 11) is -9.93. The fraction of sp³-hybridized carbons (Fsp3) is 0.953. The second-order valence-corrected chi connectivity index (χ2v) is 35.4. The van der Waals surface area contributed by atoms with E-state index in [1.165, 1.54) is 238 Å². The summed E-state index contributed by atoms with van der Waals surface area (Å²) in [6, 6.07) is 0. The van der Waals surface area contributed by atoms with E-state index in [0.717, 1.165) is 114 Å². The summed E-state index contributed by atoms with van der Waals surface area (Å²) in [5.74, 6) is 0.996. The molecule has 5 atom stereocenters. The molecule has 0 radical (unpaired) electrons. The van der Waals surface area contributed by atoms with Gasteiger partial charge in [-0.3, -0.25) is 37.3 Å². The summed E-state index contributed by atoms with van der Waals surface area (Å²) in [6.45, 7) is 14.3. The monoisotopic (exact) mass is 1520 g/mol. The highest BCUT2D eigenvalue weighted by Gasteiger charge is 2.30. The zero-order valence-corrected chi connectivity index (χ0v) is 70.5. The van der Waals surface area contributed by atoms with E-state index in [4.69, 9.17) is 37.0 Å². The van der Waals surface area contributed by atoms with Crippen LogP contribution in [0.3, 0.4) is 0 Å². The molecule has 0 saturated heterocycles. The highest BCUT2D eigenvalue weighted by atomic mass is 31.2. The number of phosphoric acid groups is 2. The van der Waals surface area contributed by atoms with Gasteiger partial charge in [-0.1, -0.05) is 389 Å². The van der Waals surface area contributed by atoms with Gasteiger partial charge in [0.05, 0.1) is 26.4 Å². The lowest BCUT2D eigenvalue weighted by molar-refractivity contribution is -0.161. The maximum Gasteiger partial charge on any atom is 0.472 e. The Morgan fingerprint density at radius 3 is 0.596 bits per heavy atom. The van der Waals surface area contributed by atoms with Crippen LogP contribution in [0.2, 0.25) is 0 Å². The Balaban J connectivity index is 5.20. The molecule has 3 N–H and O–H groups in total. The van der Waals surface area contributed by atoms with E-state index in [0.29, 0.717) is 31.6 Å². The molecular formula is C85H166O17P2. The molecule has 0 rings (SSSR count). The quantitative estimate of drug-likeness (QED) is 0.0222. The number of aliphatic hydroxyl groups excluding tert-OH is 1. The van der Waals surface area contributed by atoms with E-state index >= 15 is 0 Å². The Hall–Kier alpha value is -1.94. The zero-order chi connectivity index (χ0) is 76.7. The number of carbonyl (C=O) groups excluding carboxylic acids is 4. The molecule has 17 nitrogen and oxygen atoms in total. The van der Waals surface area contributed by atoms with Gasteiger partial charge in [-0.15, -0.1) is 0 Å². The van der Waals surface area contributed by atoms with Gasteiger partial charge in [-0.2, -0.15) is 0 Å². The van der Waals surface area contributed by atoms with Crippen LogP contribution in [0.5, 0.6) is 0 Å². The average Bonchev–Trinajstić information content (AvgIpc) is 0.901. The van der Waals surface area contributed by atoms with E-state index < -0.39 is 97.5 Å². The first kappa shape index (κ1) is 102. The second kappa shape index (κ2) is 73.8. The fourth-order valence-electron chi connectivity index (χ4n) is 13.1. The summed E-state index contributed by atoms with van der Waals surface area (Å²) in [5, 5.41) is 10.7. The van der Waals surface area contributed by atoms with Crippen molar-refractivity contribution in [2.24, 2.45) is 23.7 Å². The number of ether oxygens (including phenoxy) is 4. The maximum absolute atomic E-state index is 13.1. The normalized spacial score (nSPS) is 14.0. The third kappa shape index (κ3) is 78.2. The largest absolute Gasteiger partial charge is 0.472 e. The van der Waals surface area contributed by atoms with Crippen LogP contribution in [0.4, 0.5) is 0 Å². The summed E-state index contributed by atoms with van der Waals surface area (Å²) in [6.07, 6.45) is 62.6. The molecule has 0 aliphatic heterocycles. The Morgan fingerprint density at radius 2 is 0.404 bits per heavy atom. The molecule has 104 heavy (non-hydrogen) atoms. The van der Waals surface area contributed by atoms with Gasteiger partial charge in [-0.05, 0) is 49.4 Å². The van der Waals surface area contributed by atoms with Crippen LogP contribution in [-0.4, -0.2) is 96.7 Å². The Kier molecular flexibility index (Phi) is 72.5. The molecule has 0 heterocycles. The Bertz CT molecular complexity index is 2020. The van der Waals surface area contributed by atoms with Crippen LogP contribution in [0.25, 0.3) is 0 Å². The van der Waals surface area contributed by atoms with Crippen LogP contribution in [-0.2, 0) is 65.4 Å². The lowest BCUT2D eigenvalue weighted by Gasteiger charge is -2.21. The molecule has 0 saturated carbocycles. The summed E-state index contributed by atoms with van der Waals surface area (Å²) in [5.41, 5.74) is 0. The van der Waals surface area contributed by atoms with E-state index in [9.17, 15) is 43.2 Å². The molecule has 19 heteroatoms. The van der Waals surface area contributed by atoms with Crippen molar-refractivity contribution in [3.63, 3.8) is 0 Å². The third-order valence-electron chi connectivity index (χ3n) is 19.8. The average molecular weight is 1520 g/mol. The molecule has 0 aliphatic carbocycles. The molecule has 0 aliphatic rings.